The maximum atomic E-state index is 11.2. The normalized spacial score (nSPS) is 13.9. The van der Waals surface area contributed by atoms with Crippen molar-refractivity contribution >= 4 is 5.97 Å². The van der Waals surface area contributed by atoms with Gasteiger partial charge in [-0.05, 0) is 24.6 Å². The standard InChI is InChI=1S/C14H18O3/c1-9(2)10(3)13(15)11-5-7-12(8-6-11)14(16)17-4/h5-8,10,13,15H,1H2,2-4H3/t10-,13+/m0/s1. The van der Waals surface area contributed by atoms with Gasteiger partial charge in [0.15, 0.2) is 0 Å². The smallest absolute Gasteiger partial charge is 0.337 e. The lowest BCUT2D eigenvalue weighted by molar-refractivity contribution is 0.0600. The van der Waals surface area contributed by atoms with Crippen LogP contribution in [0.1, 0.15) is 35.9 Å². The molecular weight excluding hydrogens is 216 g/mol. The van der Waals surface area contributed by atoms with Gasteiger partial charge in [-0.15, -0.1) is 0 Å². The van der Waals surface area contributed by atoms with Gasteiger partial charge in [0.05, 0.1) is 18.8 Å². The van der Waals surface area contributed by atoms with E-state index in [0.717, 1.165) is 11.1 Å². The molecule has 0 fully saturated rings. The molecule has 2 atom stereocenters. The summed E-state index contributed by atoms with van der Waals surface area (Å²) in [7, 11) is 1.34. The highest BCUT2D eigenvalue weighted by Crippen LogP contribution is 2.26. The van der Waals surface area contributed by atoms with Gasteiger partial charge < -0.3 is 9.84 Å². The molecule has 0 aliphatic rings. The second-order valence-corrected chi connectivity index (χ2v) is 4.19. The van der Waals surface area contributed by atoms with Gasteiger partial charge in [0, 0.05) is 5.92 Å². The lowest BCUT2D eigenvalue weighted by atomic mass is 9.92. The Labute approximate surface area is 102 Å². The first-order chi connectivity index (χ1) is 7.97. The Hall–Kier alpha value is -1.61. The first kappa shape index (κ1) is 13.5. The van der Waals surface area contributed by atoms with Gasteiger partial charge in [-0.3, -0.25) is 0 Å². The fourth-order valence-corrected chi connectivity index (χ4v) is 1.49. The highest BCUT2D eigenvalue weighted by Gasteiger charge is 2.17. The molecule has 92 valence electrons. The van der Waals surface area contributed by atoms with Crippen LogP contribution in [-0.2, 0) is 4.74 Å². The average molecular weight is 234 g/mol. The molecule has 0 bridgehead atoms. The molecule has 1 rings (SSSR count). The first-order valence-electron chi connectivity index (χ1n) is 5.49. The quantitative estimate of drug-likeness (QED) is 0.643. The third-order valence-corrected chi connectivity index (χ3v) is 2.92. The van der Waals surface area contributed by atoms with Crippen LogP contribution in [0.4, 0.5) is 0 Å². The SMILES string of the molecule is C=C(C)[C@H](C)[C@@H](O)c1ccc(C(=O)OC)cc1. The summed E-state index contributed by atoms with van der Waals surface area (Å²) in [6.07, 6.45) is -0.598. The topological polar surface area (TPSA) is 46.5 Å². The highest BCUT2D eigenvalue weighted by atomic mass is 16.5. The van der Waals surface area contributed by atoms with Gasteiger partial charge >= 0.3 is 5.97 Å². The first-order valence-corrected chi connectivity index (χ1v) is 5.49. The number of methoxy groups -OCH3 is 1. The molecule has 0 saturated heterocycles. The number of rotatable bonds is 4. The maximum Gasteiger partial charge on any atom is 0.337 e. The summed E-state index contributed by atoms with van der Waals surface area (Å²) in [6.45, 7) is 7.63. The van der Waals surface area contributed by atoms with Crippen molar-refractivity contribution in [2.24, 2.45) is 5.92 Å². The minimum absolute atomic E-state index is 0.0148. The second-order valence-electron chi connectivity index (χ2n) is 4.19. The van der Waals surface area contributed by atoms with Crippen LogP contribution in [0.2, 0.25) is 0 Å². The van der Waals surface area contributed by atoms with Gasteiger partial charge in [0.1, 0.15) is 0 Å². The van der Waals surface area contributed by atoms with E-state index in [1.54, 1.807) is 24.3 Å². The molecule has 0 saturated carbocycles. The van der Waals surface area contributed by atoms with Crippen molar-refractivity contribution in [1.82, 2.24) is 0 Å². The van der Waals surface area contributed by atoms with Gasteiger partial charge in [-0.2, -0.15) is 0 Å². The van der Waals surface area contributed by atoms with E-state index in [1.165, 1.54) is 7.11 Å². The summed E-state index contributed by atoms with van der Waals surface area (Å²) in [5.41, 5.74) is 2.18. The number of esters is 1. The highest BCUT2D eigenvalue weighted by molar-refractivity contribution is 5.89. The zero-order valence-corrected chi connectivity index (χ0v) is 10.4. The van der Waals surface area contributed by atoms with E-state index >= 15 is 0 Å². The van der Waals surface area contributed by atoms with Crippen molar-refractivity contribution in [3.8, 4) is 0 Å². The van der Waals surface area contributed by atoms with Gasteiger partial charge in [-0.1, -0.05) is 31.2 Å². The van der Waals surface area contributed by atoms with Crippen molar-refractivity contribution in [3.05, 3.63) is 47.5 Å². The average Bonchev–Trinajstić information content (AvgIpc) is 2.36. The lowest BCUT2D eigenvalue weighted by Crippen LogP contribution is -2.10. The van der Waals surface area contributed by atoms with Crippen molar-refractivity contribution < 1.29 is 14.6 Å². The molecule has 17 heavy (non-hydrogen) atoms. The Morgan fingerprint density at radius 2 is 1.88 bits per heavy atom. The monoisotopic (exact) mass is 234 g/mol. The van der Waals surface area contributed by atoms with Crippen molar-refractivity contribution in [2.45, 2.75) is 20.0 Å². The van der Waals surface area contributed by atoms with Gasteiger partial charge in [0.25, 0.3) is 0 Å². The maximum absolute atomic E-state index is 11.2. The lowest BCUT2D eigenvalue weighted by Gasteiger charge is -2.19. The van der Waals surface area contributed by atoms with Crippen LogP contribution in [0.15, 0.2) is 36.4 Å². The van der Waals surface area contributed by atoms with Crippen molar-refractivity contribution in [3.63, 3.8) is 0 Å². The Bertz CT molecular complexity index is 406. The summed E-state index contributed by atoms with van der Waals surface area (Å²) in [4.78, 5) is 11.2. The third kappa shape index (κ3) is 3.17. The van der Waals surface area contributed by atoms with E-state index in [1.807, 2.05) is 13.8 Å². The number of hydrogen-bond donors (Lipinski definition) is 1. The predicted octanol–water partition coefficient (Wildman–Crippen LogP) is 2.72. The molecule has 3 nitrogen and oxygen atoms in total. The van der Waals surface area contributed by atoms with E-state index in [9.17, 15) is 9.90 Å². The second kappa shape index (κ2) is 5.64. The largest absolute Gasteiger partial charge is 0.465 e. The number of hydrogen-bond acceptors (Lipinski definition) is 3. The molecule has 0 aliphatic carbocycles. The minimum Gasteiger partial charge on any atom is -0.465 e. The molecule has 0 heterocycles. The molecule has 0 aromatic heterocycles. The number of benzene rings is 1. The minimum atomic E-state index is -0.598. The van der Waals surface area contributed by atoms with Gasteiger partial charge in [0.2, 0.25) is 0 Å². The molecule has 0 aliphatic heterocycles. The zero-order valence-electron chi connectivity index (χ0n) is 10.4. The van der Waals surface area contributed by atoms with Crippen LogP contribution in [0.3, 0.4) is 0 Å². The van der Waals surface area contributed by atoms with Crippen LogP contribution in [-0.4, -0.2) is 18.2 Å². The summed E-state index contributed by atoms with van der Waals surface area (Å²) in [5, 5.41) is 10.1. The van der Waals surface area contributed by atoms with E-state index in [2.05, 4.69) is 11.3 Å². The summed E-state index contributed by atoms with van der Waals surface area (Å²) in [6, 6.07) is 6.76. The predicted molar refractivity (Wildman–Crippen MR) is 66.7 cm³/mol. The molecule has 3 heteroatoms. The van der Waals surface area contributed by atoms with E-state index in [0.29, 0.717) is 5.56 Å². The molecule has 1 aromatic carbocycles. The van der Waals surface area contributed by atoms with E-state index in [-0.39, 0.29) is 11.9 Å². The Morgan fingerprint density at radius 1 is 1.35 bits per heavy atom. The molecule has 1 aromatic rings. The van der Waals surface area contributed by atoms with E-state index in [4.69, 9.17) is 0 Å². The fraction of sp³-hybridized carbons (Fsp3) is 0.357. The molecule has 0 amide bonds. The zero-order chi connectivity index (χ0) is 13.0. The van der Waals surface area contributed by atoms with Crippen molar-refractivity contribution in [1.29, 1.82) is 0 Å². The van der Waals surface area contributed by atoms with Crippen LogP contribution in [0, 0.1) is 5.92 Å². The number of carbonyl (C=O) groups is 1. The van der Waals surface area contributed by atoms with Gasteiger partial charge in [-0.25, -0.2) is 4.79 Å². The van der Waals surface area contributed by atoms with Crippen LogP contribution < -0.4 is 0 Å². The molecular formula is C14H18O3. The summed E-state index contributed by atoms with van der Waals surface area (Å²) >= 11 is 0. The fourth-order valence-electron chi connectivity index (χ4n) is 1.49. The van der Waals surface area contributed by atoms with Crippen LogP contribution in [0.5, 0.6) is 0 Å². The molecule has 0 radical (unpaired) electrons. The van der Waals surface area contributed by atoms with Crippen LogP contribution in [0.25, 0.3) is 0 Å². The Balaban J connectivity index is 2.87. The third-order valence-electron chi connectivity index (χ3n) is 2.92. The molecule has 0 unspecified atom stereocenters. The number of ether oxygens (including phenoxy) is 1. The molecule has 1 N–H and O–H groups in total. The number of carbonyl (C=O) groups excluding carboxylic acids is 1. The Morgan fingerprint density at radius 3 is 2.29 bits per heavy atom. The summed E-state index contributed by atoms with van der Waals surface area (Å²) in [5.74, 6) is -0.391. The number of aliphatic hydroxyl groups is 1. The molecule has 0 spiro atoms. The Kier molecular flexibility index (Phi) is 4.46. The summed E-state index contributed by atoms with van der Waals surface area (Å²) < 4.78 is 4.61. The number of aliphatic hydroxyl groups excluding tert-OH is 1. The van der Waals surface area contributed by atoms with Crippen molar-refractivity contribution in [2.75, 3.05) is 7.11 Å². The van der Waals surface area contributed by atoms with Crippen LogP contribution >= 0.6 is 0 Å². The van der Waals surface area contributed by atoms with E-state index < -0.39 is 6.10 Å².